The van der Waals surface area contributed by atoms with E-state index in [0.29, 0.717) is 16.0 Å². The number of carbonyl (C=O) groups is 1. The van der Waals surface area contributed by atoms with Gasteiger partial charge >= 0.3 is 0 Å². The van der Waals surface area contributed by atoms with E-state index in [9.17, 15) is 13.2 Å². The smallest absolute Gasteiger partial charge is 0.252 e. The van der Waals surface area contributed by atoms with Gasteiger partial charge < -0.3 is 0 Å². The normalized spacial score (nSPS) is 19.5. The molecule has 0 heterocycles. The van der Waals surface area contributed by atoms with E-state index in [1.807, 2.05) is 0 Å². The fraction of sp³-hybridized carbons (Fsp3) is 0.500. The molecule has 2 saturated carbocycles. The van der Waals surface area contributed by atoms with Crippen LogP contribution in [-0.4, -0.2) is 18.9 Å². The number of hydrogen-bond donors (Lipinski definition) is 0. The molecule has 0 atom stereocenters. The lowest BCUT2D eigenvalue weighted by Crippen LogP contribution is -2.14. The minimum atomic E-state index is -3.30. The SMILES string of the molecule is Cc1ccc(C(=O)Cl)c(C2CC2)c1S(=O)(=O)C1CC1. The average molecular weight is 299 g/mol. The third-order valence-electron chi connectivity index (χ3n) is 3.84. The first-order chi connectivity index (χ1) is 8.93. The molecule has 0 aliphatic heterocycles. The first kappa shape index (κ1) is 13.1. The molecule has 1 aromatic carbocycles. The Morgan fingerprint density at radius 2 is 1.84 bits per heavy atom. The molecule has 3 rings (SSSR count). The van der Waals surface area contributed by atoms with Gasteiger partial charge in [-0.15, -0.1) is 0 Å². The Morgan fingerprint density at radius 1 is 1.21 bits per heavy atom. The maximum Gasteiger partial charge on any atom is 0.252 e. The Bertz CT molecular complexity index is 656. The molecule has 0 saturated heterocycles. The maximum absolute atomic E-state index is 12.6. The standard InChI is InChI=1S/C14H15ClO3S/c1-8-2-7-11(14(15)16)12(9-3-4-9)13(8)19(17,18)10-5-6-10/h2,7,9-10H,3-6H2,1H3. The molecule has 0 spiro atoms. The van der Waals surface area contributed by atoms with Gasteiger partial charge in [0.25, 0.3) is 5.24 Å². The zero-order valence-electron chi connectivity index (χ0n) is 10.6. The second-order valence-electron chi connectivity index (χ2n) is 5.47. The minimum absolute atomic E-state index is 0.182. The van der Waals surface area contributed by atoms with Crippen LogP contribution in [0.4, 0.5) is 0 Å². The summed E-state index contributed by atoms with van der Waals surface area (Å²) in [5, 5.41) is -0.821. The lowest BCUT2D eigenvalue weighted by atomic mass is 10.0. The Kier molecular flexibility index (Phi) is 2.98. The van der Waals surface area contributed by atoms with E-state index in [1.54, 1.807) is 19.1 Å². The molecule has 3 nitrogen and oxygen atoms in total. The lowest BCUT2D eigenvalue weighted by molar-refractivity contribution is 0.108. The summed E-state index contributed by atoms with van der Waals surface area (Å²) in [6.07, 6.45) is 3.33. The molecule has 2 aliphatic rings. The summed E-state index contributed by atoms with van der Waals surface area (Å²) < 4.78 is 25.2. The largest absolute Gasteiger partial charge is 0.276 e. The Hall–Kier alpha value is -0.870. The second-order valence-corrected chi connectivity index (χ2v) is 7.97. The van der Waals surface area contributed by atoms with Gasteiger partial charge in [0.2, 0.25) is 0 Å². The third-order valence-corrected chi connectivity index (χ3v) is 6.50. The number of hydrogen-bond acceptors (Lipinski definition) is 3. The fourth-order valence-electron chi connectivity index (χ4n) is 2.58. The van der Waals surface area contributed by atoms with E-state index in [1.165, 1.54) is 0 Å². The molecule has 1 aromatic rings. The molecular formula is C14H15ClO3S. The Labute approximate surface area is 117 Å². The van der Waals surface area contributed by atoms with E-state index < -0.39 is 15.1 Å². The Balaban J connectivity index is 2.27. The van der Waals surface area contributed by atoms with Crippen LogP contribution in [0.1, 0.15) is 53.1 Å². The van der Waals surface area contributed by atoms with Gasteiger partial charge in [-0.05, 0) is 67.3 Å². The zero-order valence-corrected chi connectivity index (χ0v) is 12.2. The van der Waals surface area contributed by atoms with Gasteiger partial charge in [-0.1, -0.05) is 6.07 Å². The van der Waals surface area contributed by atoms with Crippen molar-refractivity contribution in [3.8, 4) is 0 Å². The monoisotopic (exact) mass is 298 g/mol. The van der Waals surface area contributed by atoms with Crippen molar-refractivity contribution in [2.45, 2.75) is 48.7 Å². The zero-order chi connectivity index (χ0) is 13.8. The molecule has 102 valence electrons. The number of rotatable bonds is 4. The van der Waals surface area contributed by atoms with Crippen molar-refractivity contribution >= 4 is 26.7 Å². The maximum atomic E-state index is 12.6. The highest BCUT2D eigenvalue weighted by Crippen LogP contribution is 2.48. The van der Waals surface area contributed by atoms with E-state index >= 15 is 0 Å². The lowest BCUT2D eigenvalue weighted by Gasteiger charge is -2.15. The molecule has 0 radical (unpaired) electrons. The van der Waals surface area contributed by atoms with Gasteiger partial charge in [0.05, 0.1) is 10.1 Å². The fourth-order valence-corrected chi connectivity index (χ4v) is 4.93. The summed E-state index contributed by atoms with van der Waals surface area (Å²) in [6.45, 7) is 1.80. The number of aryl methyl sites for hydroxylation is 1. The molecule has 19 heavy (non-hydrogen) atoms. The van der Waals surface area contributed by atoms with Crippen LogP contribution in [0.15, 0.2) is 17.0 Å². The predicted octanol–water partition coefficient (Wildman–Crippen LogP) is 3.19. The van der Waals surface area contributed by atoms with Crippen LogP contribution in [0, 0.1) is 6.92 Å². The molecular weight excluding hydrogens is 284 g/mol. The summed E-state index contributed by atoms with van der Waals surface area (Å²) in [6, 6.07) is 3.35. The van der Waals surface area contributed by atoms with E-state index in [2.05, 4.69) is 0 Å². The predicted molar refractivity (Wildman–Crippen MR) is 73.5 cm³/mol. The van der Waals surface area contributed by atoms with Gasteiger partial charge in [-0.2, -0.15) is 0 Å². The van der Waals surface area contributed by atoms with Gasteiger partial charge in [-0.3, -0.25) is 4.79 Å². The van der Waals surface area contributed by atoms with Crippen molar-refractivity contribution < 1.29 is 13.2 Å². The van der Waals surface area contributed by atoms with E-state index in [0.717, 1.165) is 31.2 Å². The minimum Gasteiger partial charge on any atom is -0.276 e. The molecule has 2 aliphatic carbocycles. The van der Waals surface area contributed by atoms with Crippen molar-refractivity contribution in [1.82, 2.24) is 0 Å². The van der Waals surface area contributed by atoms with Crippen molar-refractivity contribution in [2.75, 3.05) is 0 Å². The summed E-state index contributed by atoms with van der Waals surface area (Å²) in [5.74, 6) is 0.182. The summed E-state index contributed by atoms with van der Waals surface area (Å²) in [7, 11) is -3.30. The van der Waals surface area contributed by atoms with Crippen LogP contribution in [0.5, 0.6) is 0 Å². The van der Waals surface area contributed by atoms with Crippen LogP contribution < -0.4 is 0 Å². The van der Waals surface area contributed by atoms with Crippen molar-refractivity contribution in [2.24, 2.45) is 0 Å². The van der Waals surface area contributed by atoms with Crippen LogP contribution in [0.25, 0.3) is 0 Å². The van der Waals surface area contributed by atoms with Crippen molar-refractivity contribution in [3.63, 3.8) is 0 Å². The third kappa shape index (κ3) is 2.21. The van der Waals surface area contributed by atoms with Gasteiger partial charge in [-0.25, -0.2) is 8.42 Å². The molecule has 2 fully saturated rings. The summed E-state index contributed by atoms with van der Waals surface area (Å²) in [4.78, 5) is 11.9. The van der Waals surface area contributed by atoms with Crippen molar-refractivity contribution in [1.29, 1.82) is 0 Å². The van der Waals surface area contributed by atoms with Crippen molar-refractivity contribution in [3.05, 3.63) is 28.8 Å². The van der Waals surface area contributed by atoms with E-state index in [4.69, 9.17) is 11.6 Å². The quantitative estimate of drug-likeness (QED) is 0.802. The number of sulfone groups is 1. The summed E-state index contributed by atoms with van der Waals surface area (Å²) in [5.41, 5.74) is 1.77. The average Bonchev–Trinajstić information content (AvgIpc) is 3.16. The van der Waals surface area contributed by atoms with Crippen LogP contribution in [0.3, 0.4) is 0 Å². The number of halogens is 1. The van der Waals surface area contributed by atoms with E-state index in [-0.39, 0.29) is 11.2 Å². The molecule has 0 unspecified atom stereocenters. The van der Waals surface area contributed by atoms with Crippen LogP contribution in [-0.2, 0) is 9.84 Å². The second kappa shape index (κ2) is 4.32. The molecule has 0 aromatic heterocycles. The highest BCUT2D eigenvalue weighted by Gasteiger charge is 2.42. The molecule has 0 N–H and O–H groups in total. The number of carbonyl (C=O) groups excluding carboxylic acids is 1. The van der Waals surface area contributed by atoms with Gasteiger partial charge in [0.15, 0.2) is 9.84 Å². The molecule has 0 bridgehead atoms. The highest BCUT2D eigenvalue weighted by molar-refractivity contribution is 7.92. The van der Waals surface area contributed by atoms with Crippen LogP contribution >= 0.6 is 11.6 Å². The van der Waals surface area contributed by atoms with Gasteiger partial charge in [0, 0.05) is 5.56 Å². The number of benzene rings is 1. The molecule has 0 amide bonds. The first-order valence-corrected chi connectivity index (χ1v) is 8.42. The van der Waals surface area contributed by atoms with Crippen LogP contribution in [0.2, 0.25) is 0 Å². The Morgan fingerprint density at radius 3 is 2.32 bits per heavy atom. The highest BCUT2D eigenvalue weighted by atomic mass is 35.5. The van der Waals surface area contributed by atoms with Gasteiger partial charge in [0.1, 0.15) is 0 Å². The summed E-state index contributed by atoms with van der Waals surface area (Å²) >= 11 is 5.62. The first-order valence-electron chi connectivity index (χ1n) is 6.50. The molecule has 5 heteroatoms. The topological polar surface area (TPSA) is 51.2 Å².